The number of carbonyl (C=O) groups excluding carboxylic acids is 4. The van der Waals surface area contributed by atoms with E-state index >= 15 is 0 Å². The van der Waals surface area contributed by atoms with Gasteiger partial charge in [-0.05, 0) is 218 Å². The Morgan fingerprint density at radius 2 is 0.615 bits per heavy atom. The summed E-state index contributed by atoms with van der Waals surface area (Å²) in [6.45, 7) is 23.7. The number of alkyl halides is 3. The number of fused-ring (bicyclic) bond motifs is 7. The Kier molecular flexibility index (Phi) is 28.5. The summed E-state index contributed by atoms with van der Waals surface area (Å²) in [6.07, 6.45) is 27.2. The van der Waals surface area contributed by atoms with E-state index in [2.05, 4.69) is 104 Å². The molecule has 122 heavy (non-hydrogen) atoms. The van der Waals surface area contributed by atoms with Gasteiger partial charge in [0.1, 0.15) is 0 Å². The number of piperazine rings is 4. The van der Waals surface area contributed by atoms with Crippen LogP contribution < -0.4 is 19.6 Å². The van der Waals surface area contributed by atoms with Gasteiger partial charge in [-0.25, -0.2) is 0 Å². The summed E-state index contributed by atoms with van der Waals surface area (Å²) < 4.78 is 48.5. The molecule has 4 aromatic carbocycles. The Balaban J connectivity index is 0.000000121. The molecule has 0 saturated carbocycles. The van der Waals surface area contributed by atoms with E-state index in [0.717, 1.165) is 304 Å². The molecule has 4 aliphatic carbocycles. The Bertz CT molecular complexity index is 5490. The number of hydrogen-bond donors (Lipinski definition) is 0. The molecule has 8 aliphatic rings. The van der Waals surface area contributed by atoms with Gasteiger partial charge < -0.3 is 37.9 Å². The van der Waals surface area contributed by atoms with Gasteiger partial charge >= 0.3 is 6.18 Å². The number of benzene rings is 4. The number of halogens is 7. The van der Waals surface area contributed by atoms with Crippen molar-refractivity contribution in [2.24, 2.45) is 0 Å². The second-order valence-corrected chi connectivity index (χ2v) is 35.4. The third-order valence-corrected chi connectivity index (χ3v) is 27.0. The van der Waals surface area contributed by atoms with E-state index < -0.39 is 11.7 Å². The molecular weight excluding hydrogens is 1630 g/mol. The van der Waals surface area contributed by atoms with Crippen molar-refractivity contribution in [1.82, 2.24) is 52.8 Å². The lowest BCUT2D eigenvalue weighted by Crippen LogP contribution is -2.47. The van der Waals surface area contributed by atoms with Gasteiger partial charge in [0.15, 0.2) is 23.1 Å². The van der Waals surface area contributed by atoms with Crippen LogP contribution in [0.3, 0.4) is 0 Å². The van der Waals surface area contributed by atoms with Crippen molar-refractivity contribution in [2.75, 3.05) is 150 Å². The molecule has 11 heterocycles. The maximum absolute atomic E-state index is 13.1. The minimum Gasteiger partial charge on any atom is -0.369 e. The summed E-state index contributed by atoms with van der Waals surface area (Å²) in [4.78, 5) is 80.8. The van der Waals surface area contributed by atoms with E-state index in [0.29, 0.717) is 61.8 Å². The van der Waals surface area contributed by atoms with Gasteiger partial charge in [0, 0.05) is 306 Å². The summed E-state index contributed by atoms with van der Waals surface area (Å²) in [5, 5.41) is 5.39. The molecule has 642 valence electrons. The maximum Gasteiger partial charge on any atom is 0.417 e. The zero-order valence-electron chi connectivity index (χ0n) is 69.7. The van der Waals surface area contributed by atoms with Crippen LogP contribution in [-0.2, 0) is 58.0 Å². The first-order chi connectivity index (χ1) is 59.4. The van der Waals surface area contributed by atoms with Gasteiger partial charge in [-0.2, -0.15) is 13.2 Å². The SMILES string of the molecule is O=C1CCCc2c1ccn2CCCCCN1CCN(c2ccc(Cl)c(C(F)(F)F)c2)CC1.O=C1CCCc2c1ccn2CCCCN1CCN(c2ccnc3ccc(Cl)cc23)CC1.O=C1CCCc2c1ccn2CCCN1CCN(c2ccnc3ccc(Cl)cc23)CC1.O=C1CCCc2c1ccn2CCN1CCN(c2ccnc3ccc(Cl)cc23)CC1. The molecule has 19 nitrogen and oxygen atoms in total. The molecule has 4 saturated heterocycles. The minimum absolute atomic E-state index is 0.257. The van der Waals surface area contributed by atoms with Crippen molar-refractivity contribution in [1.29, 1.82) is 0 Å². The van der Waals surface area contributed by atoms with Gasteiger partial charge in [0.25, 0.3) is 0 Å². The molecule has 4 fully saturated rings. The summed E-state index contributed by atoms with van der Waals surface area (Å²) in [7, 11) is 0. The Labute approximate surface area is 733 Å². The monoisotopic (exact) mass is 1730 g/mol. The first kappa shape index (κ1) is 86.4. The van der Waals surface area contributed by atoms with Crippen molar-refractivity contribution in [3.8, 4) is 0 Å². The number of hydrogen-bond acceptors (Lipinski definition) is 15. The van der Waals surface area contributed by atoms with Crippen molar-refractivity contribution in [2.45, 2.75) is 148 Å². The number of ketones is 4. The van der Waals surface area contributed by atoms with E-state index in [1.807, 2.05) is 109 Å². The zero-order chi connectivity index (χ0) is 84.2. The van der Waals surface area contributed by atoms with Crippen LogP contribution >= 0.6 is 46.4 Å². The van der Waals surface area contributed by atoms with Crippen LogP contribution in [0.1, 0.15) is 160 Å². The lowest BCUT2D eigenvalue weighted by molar-refractivity contribution is -0.137. The van der Waals surface area contributed by atoms with Crippen molar-refractivity contribution in [3.63, 3.8) is 0 Å². The lowest BCUT2D eigenvalue weighted by Gasteiger charge is -2.36. The number of pyridine rings is 3. The van der Waals surface area contributed by atoms with Crippen molar-refractivity contribution in [3.05, 3.63) is 229 Å². The summed E-state index contributed by atoms with van der Waals surface area (Å²) in [6, 6.07) is 36.2. The Morgan fingerprint density at radius 1 is 0.303 bits per heavy atom. The van der Waals surface area contributed by atoms with E-state index in [1.54, 1.807) is 6.07 Å². The highest BCUT2D eigenvalue weighted by atomic mass is 35.5. The largest absolute Gasteiger partial charge is 0.417 e. The third kappa shape index (κ3) is 20.9. The second-order valence-electron chi connectivity index (χ2n) is 33.7. The highest BCUT2D eigenvalue weighted by Gasteiger charge is 2.35. The molecular formula is C96H110Cl4F3N15O4. The number of nitrogens with zero attached hydrogens (tertiary/aromatic N) is 15. The average Bonchev–Trinajstić information content (AvgIpc) is 1.43. The maximum atomic E-state index is 13.1. The second kappa shape index (κ2) is 40.3. The Hall–Kier alpha value is -9.10. The lowest BCUT2D eigenvalue weighted by atomic mass is 9.97. The zero-order valence-corrected chi connectivity index (χ0v) is 72.7. The molecule has 0 radical (unpaired) electrons. The number of aryl methyl sites for hydroxylation is 3. The van der Waals surface area contributed by atoms with Gasteiger partial charge in [-0.1, -0.05) is 52.8 Å². The molecule has 0 unspecified atom stereocenters. The van der Waals surface area contributed by atoms with Crippen molar-refractivity contribution >= 4 is 125 Å². The van der Waals surface area contributed by atoms with E-state index in [9.17, 15) is 32.3 Å². The molecule has 0 bridgehead atoms. The molecule has 0 amide bonds. The van der Waals surface area contributed by atoms with Crippen molar-refractivity contribution < 1.29 is 32.3 Å². The molecule has 19 rings (SSSR count). The fourth-order valence-electron chi connectivity index (χ4n) is 19.3. The summed E-state index contributed by atoms with van der Waals surface area (Å²) in [5.41, 5.74) is 15.2. The average molecular weight is 1740 g/mol. The molecule has 7 aromatic heterocycles. The molecule has 0 atom stereocenters. The predicted molar refractivity (Wildman–Crippen MR) is 486 cm³/mol. The van der Waals surface area contributed by atoms with Crippen LogP contribution in [0.2, 0.25) is 20.1 Å². The van der Waals surface area contributed by atoms with Gasteiger partial charge in [0.05, 0.1) is 27.1 Å². The quantitative estimate of drug-likeness (QED) is 0.0591. The van der Waals surface area contributed by atoms with E-state index in [1.165, 1.54) is 52.3 Å². The number of carbonyl (C=O) groups is 4. The standard InChI is InChI=1S/C25H29ClN4O.C24H29ClF3N3O.C24H27ClN4O.C23H25ClN4O/c26-19-6-7-22-21(18-19)24(8-10-27-22)30-16-14-28(15-17-30)11-1-2-12-29-13-9-20-23(29)4-3-5-25(20)31;25-21-8-7-18(17-20(21)24(26,27)28)30-15-13-29(14-16-30)10-2-1-3-11-31-12-9-19-22(31)5-4-6-23(19)32;25-18-5-6-21-20(17-18)23(7-9-26-21)29-15-13-27(14-16-29)10-2-11-28-12-8-19-22(28)3-1-4-24(19)30;24-17-4-5-20-19(16-17)22(6-8-25-20)28-14-11-26(12-15-28)10-13-27-9-7-18-21(27)2-1-3-23(18)29/h6-10,13,18H,1-5,11-12,14-17H2;7-9,12,17H,1-6,10-11,13-16H2;5-9,12,17H,1-4,10-11,13-16H2;4-9,16H,1-3,10-15H2. The first-order valence-corrected chi connectivity index (χ1v) is 45.6. The molecule has 0 spiro atoms. The summed E-state index contributed by atoms with van der Waals surface area (Å²) >= 11 is 24.4. The number of rotatable bonds is 22. The molecule has 0 N–H and O–H groups in total. The van der Waals surface area contributed by atoms with E-state index in [-0.39, 0.29) is 10.8 Å². The van der Waals surface area contributed by atoms with Crippen LogP contribution in [-0.4, -0.2) is 207 Å². The fourth-order valence-corrected chi connectivity index (χ4v) is 20.0. The molecule has 26 heteroatoms. The van der Waals surface area contributed by atoms with Gasteiger partial charge in [0.2, 0.25) is 0 Å². The van der Waals surface area contributed by atoms with Gasteiger partial charge in [-0.3, -0.25) is 53.7 Å². The van der Waals surface area contributed by atoms with Crippen LogP contribution in [0.4, 0.5) is 35.9 Å². The minimum atomic E-state index is -4.44. The molecule has 4 aliphatic heterocycles. The number of anilines is 4. The van der Waals surface area contributed by atoms with Crippen LogP contribution in [0.15, 0.2) is 159 Å². The number of Topliss-reactive ketones (excluding diaryl/α,β-unsaturated/α-hetero) is 4. The molecule has 11 aromatic rings. The van der Waals surface area contributed by atoms with Crippen LogP contribution in [0, 0.1) is 0 Å². The van der Waals surface area contributed by atoms with Gasteiger partial charge in [-0.15, -0.1) is 0 Å². The Morgan fingerprint density at radius 3 is 0.984 bits per heavy atom. The number of aromatic nitrogens is 7. The van der Waals surface area contributed by atoms with E-state index in [4.69, 9.17) is 46.4 Å². The highest BCUT2D eigenvalue weighted by Crippen LogP contribution is 2.39. The third-order valence-electron chi connectivity index (χ3n) is 26.0. The van der Waals surface area contributed by atoms with Crippen LogP contribution in [0.25, 0.3) is 32.7 Å². The normalized spacial score (nSPS) is 17.5. The first-order valence-electron chi connectivity index (χ1n) is 44.1. The highest BCUT2D eigenvalue weighted by molar-refractivity contribution is 6.32. The smallest absolute Gasteiger partial charge is 0.369 e. The summed E-state index contributed by atoms with van der Waals surface area (Å²) in [5.74, 6) is 1.22. The van der Waals surface area contributed by atoms with Crippen LogP contribution in [0.5, 0.6) is 0 Å². The number of unbranched alkanes of at least 4 members (excludes halogenated alkanes) is 3. The predicted octanol–water partition coefficient (Wildman–Crippen LogP) is 18.9. The topological polar surface area (TPSA) is 153 Å². The fraction of sp³-hybridized carbons (Fsp3) is 0.448.